The van der Waals surface area contributed by atoms with E-state index in [4.69, 9.17) is 21.1 Å². The molecule has 3 aromatic rings. The van der Waals surface area contributed by atoms with Crippen LogP contribution in [0.15, 0.2) is 48.5 Å². The molecule has 1 aliphatic rings. The first-order valence-corrected chi connectivity index (χ1v) is 11.7. The summed E-state index contributed by atoms with van der Waals surface area (Å²) < 4.78 is 67.0. The second kappa shape index (κ2) is 10.2. The Kier molecular flexibility index (Phi) is 7.34. The van der Waals surface area contributed by atoms with Gasteiger partial charge in [-0.3, -0.25) is 4.79 Å². The highest BCUT2D eigenvalue weighted by molar-refractivity contribution is 6.31. The van der Waals surface area contributed by atoms with E-state index in [0.717, 1.165) is 25.0 Å². The van der Waals surface area contributed by atoms with Gasteiger partial charge in [0, 0.05) is 11.1 Å². The first-order chi connectivity index (χ1) is 17.4. The van der Waals surface area contributed by atoms with Crippen molar-refractivity contribution in [3.05, 3.63) is 76.2 Å². The van der Waals surface area contributed by atoms with Gasteiger partial charge in [0.1, 0.15) is 5.82 Å². The van der Waals surface area contributed by atoms with Crippen molar-refractivity contribution in [2.24, 2.45) is 0 Å². The van der Waals surface area contributed by atoms with Crippen LogP contribution in [-0.4, -0.2) is 41.9 Å². The topological polar surface area (TPSA) is 80.7 Å². The van der Waals surface area contributed by atoms with Gasteiger partial charge in [-0.05, 0) is 73.9 Å². The van der Waals surface area contributed by atoms with Crippen LogP contribution in [0.5, 0.6) is 11.5 Å². The normalized spacial score (nSPS) is 15.1. The van der Waals surface area contributed by atoms with Crippen LogP contribution in [-0.2, 0) is 5.60 Å². The maximum absolute atomic E-state index is 14.2. The molecule has 2 aromatic carbocycles. The molecule has 1 fully saturated rings. The van der Waals surface area contributed by atoms with Gasteiger partial charge in [-0.15, -0.1) is 0 Å². The molecule has 1 amide bonds. The number of carbonyl (C=O) groups excluding carboxylic acids is 1. The highest BCUT2D eigenvalue weighted by Crippen LogP contribution is 2.39. The number of nitrogens with zero attached hydrogens (tertiary/aromatic N) is 1. The molecule has 0 radical (unpaired) electrons. The highest BCUT2D eigenvalue weighted by Gasteiger charge is 2.56. The van der Waals surface area contributed by atoms with Crippen molar-refractivity contribution in [1.29, 1.82) is 0 Å². The summed E-state index contributed by atoms with van der Waals surface area (Å²) in [4.78, 5) is 16.7. The lowest BCUT2D eigenvalue weighted by Gasteiger charge is -2.30. The van der Waals surface area contributed by atoms with Crippen LogP contribution in [0.25, 0.3) is 11.3 Å². The summed E-state index contributed by atoms with van der Waals surface area (Å²) in [5.74, 6) is -0.881. The second-order valence-electron chi connectivity index (χ2n) is 8.77. The van der Waals surface area contributed by atoms with E-state index in [1.54, 1.807) is 0 Å². The molecule has 0 aliphatic heterocycles. The Morgan fingerprint density at radius 3 is 2.49 bits per heavy atom. The van der Waals surface area contributed by atoms with E-state index < -0.39 is 35.7 Å². The highest BCUT2D eigenvalue weighted by atomic mass is 35.5. The molecule has 1 heterocycles. The Bertz CT molecular complexity index is 1330. The zero-order valence-electron chi connectivity index (χ0n) is 19.8. The number of benzene rings is 2. The van der Waals surface area contributed by atoms with Gasteiger partial charge in [0.05, 0.1) is 36.2 Å². The maximum Gasteiger partial charge on any atom is 0.424 e. The van der Waals surface area contributed by atoms with E-state index >= 15 is 0 Å². The number of aliphatic hydroxyl groups is 1. The van der Waals surface area contributed by atoms with Crippen molar-refractivity contribution in [1.82, 2.24) is 10.3 Å². The van der Waals surface area contributed by atoms with Crippen LogP contribution >= 0.6 is 11.6 Å². The molecule has 0 spiro atoms. The van der Waals surface area contributed by atoms with E-state index in [1.165, 1.54) is 50.4 Å². The van der Waals surface area contributed by atoms with Crippen LogP contribution in [0, 0.1) is 12.7 Å². The molecular formula is C26H23ClF4N2O4. The third-order valence-electron chi connectivity index (χ3n) is 5.83. The predicted molar refractivity (Wildman–Crippen MR) is 128 cm³/mol. The largest absolute Gasteiger partial charge is 0.493 e. The number of aryl methyl sites for hydroxylation is 1. The number of carbonyl (C=O) groups is 1. The number of nitrogens with one attached hydrogen (secondary N) is 1. The average molecular weight is 539 g/mol. The van der Waals surface area contributed by atoms with Crippen molar-refractivity contribution in [3.8, 4) is 22.8 Å². The molecule has 37 heavy (non-hydrogen) atoms. The van der Waals surface area contributed by atoms with Crippen molar-refractivity contribution >= 4 is 17.5 Å². The van der Waals surface area contributed by atoms with Gasteiger partial charge in [-0.2, -0.15) is 13.2 Å². The van der Waals surface area contributed by atoms with Crippen LogP contribution in [0.4, 0.5) is 17.6 Å². The fourth-order valence-electron chi connectivity index (χ4n) is 3.60. The first kappa shape index (κ1) is 26.7. The number of hydrogen-bond donors (Lipinski definition) is 2. The molecule has 196 valence electrons. The van der Waals surface area contributed by atoms with Crippen molar-refractivity contribution < 1.29 is 36.9 Å². The number of alkyl halides is 3. The lowest BCUT2D eigenvalue weighted by Crippen LogP contribution is -2.51. The van der Waals surface area contributed by atoms with Gasteiger partial charge in [0.25, 0.3) is 5.91 Å². The van der Waals surface area contributed by atoms with E-state index in [-0.39, 0.29) is 33.7 Å². The smallest absolute Gasteiger partial charge is 0.424 e. The molecule has 6 nitrogen and oxygen atoms in total. The Hall–Kier alpha value is -3.37. The summed E-state index contributed by atoms with van der Waals surface area (Å²) in [6.07, 6.45) is -3.30. The lowest BCUT2D eigenvalue weighted by atomic mass is 9.95. The van der Waals surface area contributed by atoms with Crippen molar-refractivity contribution in [2.45, 2.75) is 37.6 Å². The molecule has 0 saturated heterocycles. The number of halogens is 5. The number of aromatic nitrogens is 1. The van der Waals surface area contributed by atoms with Gasteiger partial charge in [-0.1, -0.05) is 11.6 Å². The fraction of sp³-hybridized carbons (Fsp3) is 0.308. The third kappa shape index (κ3) is 5.80. The summed E-state index contributed by atoms with van der Waals surface area (Å²) >= 11 is 5.81. The maximum atomic E-state index is 14.2. The summed E-state index contributed by atoms with van der Waals surface area (Å²) in [5, 5.41) is 12.7. The summed E-state index contributed by atoms with van der Waals surface area (Å²) in [6.45, 7) is 0.310. The Balaban J connectivity index is 1.61. The Labute approximate surface area is 215 Å². The Morgan fingerprint density at radius 1 is 1.14 bits per heavy atom. The molecule has 1 saturated carbocycles. The first-order valence-electron chi connectivity index (χ1n) is 11.3. The van der Waals surface area contributed by atoms with Gasteiger partial charge in [0.2, 0.25) is 5.60 Å². The minimum Gasteiger partial charge on any atom is -0.493 e. The Morgan fingerprint density at radius 2 is 1.86 bits per heavy atom. The SMILES string of the molecule is COc1cc(C(=O)NCC(O)(c2cc(C)cc(-c3ccc(F)c(Cl)c3)n2)C(F)(F)F)ccc1OC1CC1. The molecular weight excluding hydrogens is 516 g/mol. The van der Waals surface area contributed by atoms with Crippen molar-refractivity contribution in [2.75, 3.05) is 13.7 Å². The average Bonchev–Trinajstić information content (AvgIpc) is 3.67. The molecule has 1 aromatic heterocycles. The molecule has 1 aliphatic carbocycles. The van der Waals surface area contributed by atoms with Crippen LogP contribution in [0.1, 0.15) is 34.5 Å². The number of hydrogen-bond acceptors (Lipinski definition) is 5. The zero-order valence-corrected chi connectivity index (χ0v) is 20.6. The summed E-state index contributed by atoms with van der Waals surface area (Å²) in [5.41, 5.74) is -3.59. The van der Waals surface area contributed by atoms with E-state index in [0.29, 0.717) is 11.3 Å². The number of amides is 1. The van der Waals surface area contributed by atoms with Gasteiger partial charge in [-0.25, -0.2) is 9.37 Å². The van der Waals surface area contributed by atoms with Crippen molar-refractivity contribution in [3.63, 3.8) is 0 Å². The quantitative estimate of drug-likeness (QED) is 0.366. The van der Waals surface area contributed by atoms with Crippen LogP contribution in [0.3, 0.4) is 0 Å². The molecule has 1 atom stereocenters. The molecule has 1 unspecified atom stereocenters. The summed E-state index contributed by atoms with van der Waals surface area (Å²) in [6, 6.07) is 10.4. The molecule has 11 heteroatoms. The number of pyridine rings is 1. The van der Waals surface area contributed by atoms with E-state index in [2.05, 4.69) is 10.3 Å². The number of rotatable bonds is 8. The van der Waals surface area contributed by atoms with E-state index in [1.807, 2.05) is 0 Å². The van der Waals surface area contributed by atoms with Crippen LogP contribution < -0.4 is 14.8 Å². The minimum atomic E-state index is -5.20. The second-order valence-corrected chi connectivity index (χ2v) is 9.17. The molecule has 2 N–H and O–H groups in total. The number of methoxy groups -OCH3 is 1. The van der Waals surface area contributed by atoms with E-state index in [9.17, 15) is 27.5 Å². The van der Waals surface area contributed by atoms with Gasteiger partial charge < -0.3 is 19.9 Å². The zero-order chi connectivity index (χ0) is 27.0. The summed E-state index contributed by atoms with van der Waals surface area (Å²) in [7, 11) is 1.38. The predicted octanol–water partition coefficient (Wildman–Crippen LogP) is 5.58. The fourth-order valence-corrected chi connectivity index (χ4v) is 3.78. The van der Waals surface area contributed by atoms with Crippen LogP contribution in [0.2, 0.25) is 5.02 Å². The minimum absolute atomic E-state index is 0.0170. The third-order valence-corrected chi connectivity index (χ3v) is 6.12. The molecule has 4 rings (SSSR count). The number of ether oxygens (including phenoxy) is 2. The standard InChI is InChI=1S/C26H23ClF4N2O4/c1-14-9-20(15-3-7-19(28)18(27)11-15)33-23(10-14)25(35,26(29,30)31)13-32-24(34)16-4-8-21(22(12-16)36-2)37-17-5-6-17/h3-4,7-12,17,35H,5-6,13H2,1-2H3,(H,32,34). The van der Waals surface area contributed by atoms with Gasteiger partial charge >= 0.3 is 6.18 Å². The monoisotopic (exact) mass is 538 g/mol. The molecule has 0 bridgehead atoms. The lowest BCUT2D eigenvalue weighted by molar-refractivity contribution is -0.265. The van der Waals surface area contributed by atoms with Gasteiger partial charge in [0.15, 0.2) is 11.5 Å².